The second kappa shape index (κ2) is 3.17. The highest BCUT2D eigenvalue weighted by Gasteiger charge is 2.00. The number of benzene rings is 1. The molecule has 1 aromatic rings. The van der Waals surface area contributed by atoms with Crippen LogP contribution in [0.15, 0.2) is 28.7 Å². The molecule has 0 aliphatic carbocycles. The Morgan fingerprint density at radius 1 is 1.50 bits per heavy atom. The van der Waals surface area contributed by atoms with Crippen molar-refractivity contribution in [1.29, 1.82) is 0 Å². The van der Waals surface area contributed by atoms with Crippen molar-refractivity contribution in [2.24, 2.45) is 0 Å². The van der Waals surface area contributed by atoms with E-state index in [1.807, 2.05) is 12.1 Å². The molecule has 0 heterocycles. The molecule has 1 rings (SSSR count). The van der Waals surface area contributed by atoms with Crippen molar-refractivity contribution in [1.82, 2.24) is 0 Å². The molecular weight excluding hydrogens is 190 g/mol. The summed E-state index contributed by atoms with van der Waals surface area (Å²) in [6.45, 7) is 2.09. The third kappa shape index (κ3) is 1.82. The first-order valence-corrected chi connectivity index (χ1v) is 4.08. The smallest absolute Gasteiger partial charge is 0.107 e. The molecular formula is C8H11BrN+. The van der Waals surface area contributed by atoms with Crippen LogP contribution < -0.4 is 5.73 Å². The minimum absolute atomic E-state index is 0.373. The molecule has 0 saturated carbocycles. The van der Waals surface area contributed by atoms with Gasteiger partial charge in [-0.2, -0.15) is 0 Å². The van der Waals surface area contributed by atoms with E-state index in [4.69, 9.17) is 0 Å². The van der Waals surface area contributed by atoms with Crippen molar-refractivity contribution < 1.29 is 5.73 Å². The first kappa shape index (κ1) is 7.76. The maximum Gasteiger partial charge on any atom is 0.107 e. The van der Waals surface area contributed by atoms with Gasteiger partial charge in [-0.1, -0.05) is 28.1 Å². The summed E-state index contributed by atoms with van der Waals surface area (Å²) in [4.78, 5) is 0. The van der Waals surface area contributed by atoms with E-state index < -0.39 is 0 Å². The number of quaternary nitrogens is 1. The van der Waals surface area contributed by atoms with E-state index in [1.54, 1.807) is 0 Å². The van der Waals surface area contributed by atoms with Gasteiger partial charge in [0.15, 0.2) is 0 Å². The molecule has 10 heavy (non-hydrogen) atoms. The molecule has 3 N–H and O–H groups in total. The quantitative estimate of drug-likeness (QED) is 0.716. The van der Waals surface area contributed by atoms with Crippen LogP contribution in [0.25, 0.3) is 0 Å². The van der Waals surface area contributed by atoms with Gasteiger partial charge in [-0.25, -0.2) is 0 Å². The zero-order chi connectivity index (χ0) is 7.56. The van der Waals surface area contributed by atoms with E-state index in [1.165, 1.54) is 5.56 Å². The van der Waals surface area contributed by atoms with Crippen molar-refractivity contribution in [2.45, 2.75) is 13.0 Å². The number of halogens is 1. The standard InChI is InChI=1S/C8H10BrN/c1-6(10)7-3-2-4-8(9)5-7/h2-6H,10H2,1H3/p+1. The van der Waals surface area contributed by atoms with Crippen LogP contribution in [0.1, 0.15) is 18.5 Å². The highest BCUT2D eigenvalue weighted by Crippen LogP contribution is 2.14. The third-order valence-corrected chi connectivity index (χ3v) is 1.91. The van der Waals surface area contributed by atoms with Gasteiger partial charge in [0.05, 0.1) is 0 Å². The second-order valence-electron chi connectivity index (χ2n) is 2.46. The molecule has 54 valence electrons. The normalized spacial score (nSPS) is 13.1. The fourth-order valence-corrected chi connectivity index (χ4v) is 1.23. The Morgan fingerprint density at radius 2 is 2.20 bits per heavy atom. The van der Waals surface area contributed by atoms with E-state index in [-0.39, 0.29) is 0 Å². The van der Waals surface area contributed by atoms with Gasteiger partial charge in [0.2, 0.25) is 0 Å². The lowest BCUT2D eigenvalue weighted by Gasteiger charge is -2.00. The lowest BCUT2D eigenvalue weighted by Crippen LogP contribution is -2.51. The molecule has 1 unspecified atom stereocenters. The molecule has 0 fully saturated rings. The van der Waals surface area contributed by atoms with Crippen molar-refractivity contribution in [3.63, 3.8) is 0 Å². The minimum Gasteiger partial charge on any atom is -0.352 e. The van der Waals surface area contributed by atoms with Crippen LogP contribution in [0.4, 0.5) is 0 Å². The van der Waals surface area contributed by atoms with E-state index in [9.17, 15) is 0 Å². The van der Waals surface area contributed by atoms with Crippen LogP contribution in [0.3, 0.4) is 0 Å². The Balaban J connectivity index is 2.96. The summed E-state index contributed by atoms with van der Waals surface area (Å²) in [5.74, 6) is 0. The van der Waals surface area contributed by atoms with Crippen molar-refractivity contribution in [3.05, 3.63) is 34.3 Å². The highest BCUT2D eigenvalue weighted by atomic mass is 79.9. The van der Waals surface area contributed by atoms with Crippen molar-refractivity contribution in [3.8, 4) is 0 Å². The van der Waals surface area contributed by atoms with Gasteiger partial charge >= 0.3 is 0 Å². The fourth-order valence-electron chi connectivity index (χ4n) is 0.813. The number of hydrogen-bond acceptors (Lipinski definition) is 0. The van der Waals surface area contributed by atoms with E-state index in [0.717, 1.165) is 4.47 Å². The maximum absolute atomic E-state index is 3.93. The molecule has 0 saturated heterocycles. The van der Waals surface area contributed by atoms with Crippen LogP contribution in [0.5, 0.6) is 0 Å². The Bertz CT molecular complexity index is 220. The fraction of sp³-hybridized carbons (Fsp3) is 0.250. The largest absolute Gasteiger partial charge is 0.352 e. The summed E-state index contributed by atoms with van der Waals surface area (Å²) >= 11 is 3.40. The van der Waals surface area contributed by atoms with Gasteiger partial charge in [0.25, 0.3) is 0 Å². The summed E-state index contributed by atoms with van der Waals surface area (Å²) in [7, 11) is 0. The van der Waals surface area contributed by atoms with Crippen LogP contribution in [-0.2, 0) is 0 Å². The van der Waals surface area contributed by atoms with Crippen LogP contribution in [0, 0.1) is 0 Å². The van der Waals surface area contributed by atoms with Crippen molar-refractivity contribution in [2.75, 3.05) is 0 Å². The Kier molecular flexibility index (Phi) is 2.46. The molecule has 0 bridgehead atoms. The van der Waals surface area contributed by atoms with Gasteiger partial charge in [0.1, 0.15) is 6.04 Å². The monoisotopic (exact) mass is 200 g/mol. The molecule has 0 radical (unpaired) electrons. The molecule has 1 nitrogen and oxygen atoms in total. The average Bonchev–Trinajstić information content (AvgIpc) is 1.88. The lowest BCUT2D eigenvalue weighted by molar-refractivity contribution is -0.420. The zero-order valence-electron chi connectivity index (χ0n) is 5.97. The molecule has 0 aliphatic rings. The summed E-state index contributed by atoms with van der Waals surface area (Å²) in [5.41, 5.74) is 5.20. The van der Waals surface area contributed by atoms with Gasteiger partial charge in [-0.15, -0.1) is 0 Å². The predicted octanol–water partition coefficient (Wildman–Crippen LogP) is 1.75. The first-order valence-electron chi connectivity index (χ1n) is 3.28. The molecule has 0 amide bonds. The Labute approximate surface area is 69.4 Å². The molecule has 0 aliphatic heterocycles. The number of hydrogen-bond donors (Lipinski definition) is 1. The maximum atomic E-state index is 3.93. The van der Waals surface area contributed by atoms with Gasteiger partial charge in [-0.05, 0) is 19.1 Å². The topological polar surface area (TPSA) is 27.6 Å². The summed E-state index contributed by atoms with van der Waals surface area (Å²) in [5, 5.41) is 0. The zero-order valence-corrected chi connectivity index (χ0v) is 7.56. The SMILES string of the molecule is CC([NH3+])c1cccc(Br)c1. The minimum atomic E-state index is 0.373. The van der Waals surface area contributed by atoms with Crippen LogP contribution in [0.2, 0.25) is 0 Å². The van der Waals surface area contributed by atoms with E-state index >= 15 is 0 Å². The lowest BCUT2D eigenvalue weighted by atomic mass is 10.1. The molecule has 0 aromatic heterocycles. The van der Waals surface area contributed by atoms with E-state index in [0.29, 0.717) is 6.04 Å². The summed E-state index contributed by atoms with van der Waals surface area (Å²) in [6, 6.07) is 8.60. The van der Waals surface area contributed by atoms with Gasteiger partial charge in [0, 0.05) is 10.0 Å². The second-order valence-corrected chi connectivity index (χ2v) is 3.37. The third-order valence-electron chi connectivity index (χ3n) is 1.42. The first-order chi connectivity index (χ1) is 4.70. The van der Waals surface area contributed by atoms with Gasteiger partial charge in [-0.3, -0.25) is 0 Å². The molecule has 1 aromatic carbocycles. The van der Waals surface area contributed by atoms with Crippen LogP contribution in [-0.4, -0.2) is 0 Å². The summed E-state index contributed by atoms with van der Waals surface area (Å²) in [6.07, 6.45) is 0. The highest BCUT2D eigenvalue weighted by molar-refractivity contribution is 9.10. The Morgan fingerprint density at radius 3 is 2.60 bits per heavy atom. The molecule has 0 spiro atoms. The predicted molar refractivity (Wildman–Crippen MR) is 45.4 cm³/mol. The Hall–Kier alpha value is -0.340. The molecule has 2 heteroatoms. The summed E-state index contributed by atoms with van der Waals surface area (Å²) < 4.78 is 1.13. The molecule has 1 atom stereocenters. The van der Waals surface area contributed by atoms with Crippen LogP contribution >= 0.6 is 15.9 Å². The van der Waals surface area contributed by atoms with Crippen molar-refractivity contribution >= 4 is 15.9 Å². The van der Waals surface area contributed by atoms with Gasteiger partial charge < -0.3 is 5.73 Å². The van der Waals surface area contributed by atoms with E-state index in [2.05, 4.69) is 40.7 Å². The number of rotatable bonds is 1. The average molecular weight is 201 g/mol.